The number of thiophene rings is 1. The highest BCUT2D eigenvalue weighted by molar-refractivity contribution is 9.12. The lowest BCUT2D eigenvalue weighted by atomic mass is 10.2. The summed E-state index contributed by atoms with van der Waals surface area (Å²) in [6.45, 7) is 2.14. The molecule has 1 heterocycles. The van der Waals surface area contributed by atoms with Crippen LogP contribution >= 0.6 is 55.0 Å². The lowest BCUT2D eigenvalue weighted by Crippen LogP contribution is -2.12. The fraction of sp³-hybridized carbons (Fsp3) is 0.214. The van der Waals surface area contributed by atoms with E-state index in [1.165, 1.54) is 11.3 Å². The maximum atomic E-state index is 12.3. The van der Waals surface area contributed by atoms with Gasteiger partial charge in [0.15, 0.2) is 0 Å². The third kappa shape index (κ3) is 4.48. The van der Waals surface area contributed by atoms with Gasteiger partial charge in [-0.3, -0.25) is 4.79 Å². The van der Waals surface area contributed by atoms with Crippen LogP contribution in [0.15, 0.2) is 36.7 Å². The van der Waals surface area contributed by atoms with Crippen LogP contribution in [0.1, 0.15) is 23.7 Å². The molecule has 0 unspecified atom stereocenters. The summed E-state index contributed by atoms with van der Waals surface area (Å²) < 4.78 is 1.70. The van der Waals surface area contributed by atoms with Crippen molar-refractivity contribution in [1.29, 1.82) is 0 Å². The summed E-state index contributed by atoms with van der Waals surface area (Å²) in [5.74, 6) is 0.869. The molecule has 1 aromatic heterocycles. The Balaban J connectivity index is 2.18. The summed E-state index contributed by atoms with van der Waals surface area (Å²) >= 11 is 9.98. The number of benzene rings is 1. The highest BCUT2D eigenvalue weighted by atomic mass is 79.9. The van der Waals surface area contributed by atoms with E-state index in [1.54, 1.807) is 17.8 Å². The molecule has 0 aliphatic carbocycles. The Morgan fingerprint density at radius 1 is 1.38 bits per heavy atom. The van der Waals surface area contributed by atoms with Crippen LogP contribution in [0.3, 0.4) is 0 Å². The van der Waals surface area contributed by atoms with Crippen LogP contribution in [0.4, 0.5) is 11.4 Å². The van der Waals surface area contributed by atoms with Crippen molar-refractivity contribution in [2.75, 3.05) is 16.8 Å². The van der Waals surface area contributed by atoms with Crippen molar-refractivity contribution < 1.29 is 4.79 Å². The van der Waals surface area contributed by atoms with E-state index in [1.807, 2.05) is 18.2 Å². The lowest BCUT2D eigenvalue weighted by Gasteiger charge is -2.10. The van der Waals surface area contributed by atoms with Gasteiger partial charge in [0.1, 0.15) is 0 Å². The number of carbonyl (C=O) groups excluding carboxylic acids is 1. The summed E-state index contributed by atoms with van der Waals surface area (Å²) in [6, 6.07) is 7.51. The number of rotatable bonds is 5. The monoisotopic (exact) mass is 448 g/mol. The van der Waals surface area contributed by atoms with Crippen LogP contribution < -0.4 is 11.1 Å². The Morgan fingerprint density at radius 2 is 2.14 bits per heavy atom. The van der Waals surface area contributed by atoms with Gasteiger partial charge in [0.2, 0.25) is 0 Å². The number of nitrogens with two attached hydrogens (primary N) is 1. The molecule has 2 aromatic rings. The van der Waals surface area contributed by atoms with Gasteiger partial charge >= 0.3 is 0 Å². The number of hydrogen-bond acceptors (Lipinski definition) is 4. The first kappa shape index (κ1) is 16.9. The van der Waals surface area contributed by atoms with Gasteiger partial charge < -0.3 is 11.1 Å². The van der Waals surface area contributed by atoms with Crippen molar-refractivity contribution >= 4 is 72.2 Å². The Labute approximate surface area is 148 Å². The van der Waals surface area contributed by atoms with Gasteiger partial charge in [-0.05, 0) is 68.3 Å². The van der Waals surface area contributed by atoms with Crippen molar-refractivity contribution in [2.24, 2.45) is 0 Å². The van der Waals surface area contributed by atoms with E-state index < -0.39 is 0 Å². The molecule has 0 spiro atoms. The molecule has 0 aliphatic rings. The largest absolute Gasteiger partial charge is 0.397 e. The molecule has 1 amide bonds. The summed E-state index contributed by atoms with van der Waals surface area (Å²) in [6.07, 6.45) is 1.10. The van der Waals surface area contributed by atoms with Crippen molar-refractivity contribution in [1.82, 2.24) is 0 Å². The molecule has 0 saturated heterocycles. The first-order chi connectivity index (χ1) is 10.0. The number of anilines is 2. The molecule has 3 nitrogen and oxygen atoms in total. The normalized spacial score (nSPS) is 10.6. The molecule has 0 bridgehead atoms. The molecule has 21 heavy (non-hydrogen) atoms. The van der Waals surface area contributed by atoms with E-state index in [0.717, 1.165) is 24.6 Å². The summed E-state index contributed by atoms with van der Waals surface area (Å²) in [7, 11) is 0. The predicted molar refractivity (Wildman–Crippen MR) is 99.5 cm³/mol. The second-order valence-electron chi connectivity index (χ2n) is 4.29. The van der Waals surface area contributed by atoms with Crippen LogP contribution in [0, 0.1) is 0 Å². The Bertz CT molecular complexity index is 658. The summed E-state index contributed by atoms with van der Waals surface area (Å²) in [5, 5.41) is 2.88. The third-order valence-electron chi connectivity index (χ3n) is 2.65. The van der Waals surface area contributed by atoms with Gasteiger partial charge in [-0.15, -0.1) is 23.1 Å². The van der Waals surface area contributed by atoms with Gasteiger partial charge in [0.25, 0.3) is 5.91 Å². The standard InChI is InChI=1S/C14H14Br2N2OS2/c1-2-5-20-8-3-4-10(17)11(6-8)18-14(19)9-7-12(15)21-13(9)16/h3-4,6-7H,2,5,17H2,1H3,(H,18,19). The van der Waals surface area contributed by atoms with E-state index in [2.05, 4.69) is 44.1 Å². The molecule has 3 N–H and O–H groups in total. The smallest absolute Gasteiger partial charge is 0.257 e. The highest BCUT2D eigenvalue weighted by Gasteiger charge is 2.15. The van der Waals surface area contributed by atoms with Gasteiger partial charge in [-0.1, -0.05) is 6.92 Å². The van der Waals surface area contributed by atoms with Crippen LogP contribution in [0.25, 0.3) is 0 Å². The fourth-order valence-corrected chi connectivity index (χ4v) is 5.24. The number of nitrogens with one attached hydrogen (secondary N) is 1. The Morgan fingerprint density at radius 3 is 2.76 bits per heavy atom. The van der Waals surface area contributed by atoms with Crippen LogP contribution in [-0.4, -0.2) is 11.7 Å². The topological polar surface area (TPSA) is 55.1 Å². The first-order valence-electron chi connectivity index (χ1n) is 6.29. The van der Waals surface area contributed by atoms with E-state index in [-0.39, 0.29) is 5.91 Å². The maximum Gasteiger partial charge on any atom is 0.257 e. The quantitative estimate of drug-likeness (QED) is 0.460. The van der Waals surface area contributed by atoms with Crippen LogP contribution in [0.5, 0.6) is 0 Å². The zero-order valence-electron chi connectivity index (χ0n) is 11.3. The lowest BCUT2D eigenvalue weighted by molar-refractivity contribution is 0.102. The SMILES string of the molecule is CCCSc1ccc(N)c(NC(=O)c2cc(Br)sc2Br)c1. The van der Waals surface area contributed by atoms with Crippen LogP contribution in [0.2, 0.25) is 0 Å². The Kier molecular flexibility index (Phi) is 6.16. The number of carbonyl (C=O) groups is 1. The number of amides is 1. The molecule has 2 rings (SSSR count). The Hall–Kier alpha value is -0.500. The molecular formula is C14H14Br2N2OS2. The number of thioether (sulfide) groups is 1. The number of halogens is 2. The summed E-state index contributed by atoms with van der Waals surface area (Å²) in [4.78, 5) is 13.4. The second-order valence-corrected chi connectivity index (χ2v) is 9.21. The summed E-state index contributed by atoms with van der Waals surface area (Å²) in [5.41, 5.74) is 7.75. The van der Waals surface area contributed by atoms with Gasteiger partial charge in [-0.25, -0.2) is 0 Å². The van der Waals surface area contributed by atoms with Crippen molar-refractivity contribution in [3.63, 3.8) is 0 Å². The minimum Gasteiger partial charge on any atom is -0.397 e. The molecule has 0 aliphatic heterocycles. The van der Waals surface area contributed by atoms with Crippen molar-refractivity contribution in [2.45, 2.75) is 18.2 Å². The van der Waals surface area contributed by atoms with Crippen molar-refractivity contribution in [3.8, 4) is 0 Å². The maximum absolute atomic E-state index is 12.3. The van der Waals surface area contributed by atoms with E-state index >= 15 is 0 Å². The van der Waals surface area contributed by atoms with Gasteiger partial charge in [0, 0.05) is 4.90 Å². The van der Waals surface area contributed by atoms with E-state index in [0.29, 0.717) is 16.9 Å². The molecule has 0 saturated carbocycles. The zero-order valence-corrected chi connectivity index (χ0v) is 16.1. The molecule has 0 fully saturated rings. The molecule has 1 aromatic carbocycles. The third-order valence-corrected chi connectivity index (χ3v) is 6.19. The highest BCUT2D eigenvalue weighted by Crippen LogP contribution is 2.33. The average molecular weight is 450 g/mol. The number of hydrogen-bond donors (Lipinski definition) is 2. The molecular weight excluding hydrogens is 436 g/mol. The second kappa shape index (κ2) is 7.67. The molecule has 0 radical (unpaired) electrons. The molecule has 0 atom stereocenters. The molecule has 112 valence electrons. The van der Waals surface area contributed by atoms with Crippen molar-refractivity contribution in [3.05, 3.63) is 37.4 Å². The first-order valence-corrected chi connectivity index (χ1v) is 9.68. The predicted octanol–water partition coefficient (Wildman–Crippen LogP) is 5.61. The van der Waals surface area contributed by atoms with Gasteiger partial charge in [-0.2, -0.15) is 0 Å². The van der Waals surface area contributed by atoms with E-state index in [9.17, 15) is 4.79 Å². The number of nitrogen functional groups attached to an aromatic ring is 1. The van der Waals surface area contributed by atoms with E-state index in [4.69, 9.17) is 5.73 Å². The van der Waals surface area contributed by atoms with Crippen LogP contribution in [-0.2, 0) is 0 Å². The molecule has 7 heteroatoms. The zero-order chi connectivity index (χ0) is 15.4. The minimum atomic E-state index is -0.173. The average Bonchev–Trinajstić information content (AvgIpc) is 2.78. The van der Waals surface area contributed by atoms with Gasteiger partial charge in [0.05, 0.1) is 24.5 Å². The minimum absolute atomic E-state index is 0.173. The fourth-order valence-electron chi connectivity index (χ4n) is 1.64.